The first-order valence-electron chi connectivity index (χ1n) is 21.4. The Bertz CT molecular complexity index is 2060. The van der Waals surface area contributed by atoms with Crippen LogP contribution in [0.2, 0.25) is 0 Å². The third-order valence-electron chi connectivity index (χ3n) is 10.0. The number of carbonyl (C=O) groups excluding carboxylic acids is 3. The minimum absolute atomic E-state index is 0.0929. The predicted octanol–water partition coefficient (Wildman–Crippen LogP) is 10.00. The van der Waals surface area contributed by atoms with Gasteiger partial charge in [-0.1, -0.05) is 113 Å². The molecule has 11 heteroatoms. The maximum absolute atomic E-state index is 12.6. The number of carbonyl (C=O) groups is 3. The summed E-state index contributed by atoms with van der Waals surface area (Å²) in [6.45, 7) is 10.3. The van der Waals surface area contributed by atoms with Gasteiger partial charge in [0, 0.05) is 36.4 Å². The van der Waals surface area contributed by atoms with Gasteiger partial charge in [-0.25, -0.2) is 14.6 Å². The third kappa shape index (κ3) is 13.7. The summed E-state index contributed by atoms with van der Waals surface area (Å²) in [5, 5.41) is 3.02. The number of hydroxylamine groups is 1. The Morgan fingerprint density at radius 3 is 2.03 bits per heavy atom. The van der Waals surface area contributed by atoms with Gasteiger partial charge in [-0.15, -0.1) is 0 Å². The van der Waals surface area contributed by atoms with Gasteiger partial charge in [-0.05, 0) is 81.7 Å². The van der Waals surface area contributed by atoms with Gasteiger partial charge in [0.05, 0.1) is 23.7 Å². The van der Waals surface area contributed by atoms with Crippen molar-refractivity contribution in [1.29, 1.82) is 0 Å². The van der Waals surface area contributed by atoms with Crippen molar-refractivity contribution >= 4 is 29.6 Å². The van der Waals surface area contributed by atoms with Gasteiger partial charge >= 0.3 is 11.9 Å². The molecule has 0 aliphatic carbocycles. The Morgan fingerprint density at radius 2 is 1.40 bits per heavy atom. The minimum Gasteiger partial charge on any atom is -0.482 e. The van der Waals surface area contributed by atoms with Gasteiger partial charge in [0.15, 0.2) is 6.61 Å². The molecule has 1 amide bonds. The van der Waals surface area contributed by atoms with Crippen LogP contribution in [0.3, 0.4) is 0 Å². The van der Waals surface area contributed by atoms with E-state index < -0.39 is 23.6 Å². The summed E-state index contributed by atoms with van der Waals surface area (Å²) in [5.74, 6) is 0.301. The van der Waals surface area contributed by atoms with Gasteiger partial charge in [-0.2, -0.15) is 0 Å². The number of esters is 2. The van der Waals surface area contributed by atoms with Crippen LogP contribution in [0.4, 0.5) is 0 Å². The highest BCUT2D eigenvalue weighted by Gasteiger charge is 2.29. The van der Waals surface area contributed by atoms with Crippen molar-refractivity contribution in [2.45, 2.75) is 111 Å². The van der Waals surface area contributed by atoms with Crippen molar-refractivity contribution in [2.75, 3.05) is 19.8 Å². The average Bonchev–Trinajstić information content (AvgIpc) is 3.87. The second kappa shape index (κ2) is 22.6. The van der Waals surface area contributed by atoms with Gasteiger partial charge in [0.25, 0.3) is 0 Å². The van der Waals surface area contributed by atoms with Crippen LogP contribution in [0.5, 0.6) is 5.75 Å². The first-order chi connectivity index (χ1) is 29.0. The number of hydrogen-bond acceptors (Lipinski definition) is 9. The van der Waals surface area contributed by atoms with E-state index in [4.69, 9.17) is 24.0 Å². The topological polar surface area (TPSA) is 130 Å². The number of nitrogens with one attached hydrogen (secondary N) is 2. The lowest BCUT2D eigenvalue weighted by molar-refractivity contribution is -0.166. The Morgan fingerprint density at radius 1 is 0.800 bits per heavy atom. The number of amides is 1. The minimum atomic E-state index is -0.848. The highest BCUT2D eigenvalue weighted by atomic mass is 16.7. The molecule has 1 atom stereocenters. The van der Waals surface area contributed by atoms with E-state index in [0.717, 1.165) is 57.9 Å². The quantitative estimate of drug-likeness (QED) is 0.0452. The van der Waals surface area contributed by atoms with Crippen LogP contribution in [0.1, 0.15) is 110 Å². The smallest absolute Gasteiger partial charge is 0.344 e. The van der Waals surface area contributed by atoms with E-state index in [9.17, 15) is 14.4 Å². The fraction of sp³-hybridized carbons (Fsp3) is 0.429. The number of ether oxygens (including phenoxy) is 3. The summed E-state index contributed by atoms with van der Waals surface area (Å²) in [7, 11) is 1.99. The maximum atomic E-state index is 12.6. The van der Waals surface area contributed by atoms with Gasteiger partial charge in [-0.3, -0.25) is 15.1 Å². The van der Waals surface area contributed by atoms with Gasteiger partial charge < -0.3 is 24.1 Å². The zero-order chi connectivity index (χ0) is 42.9. The van der Waals surface area contributed by atoms with Crippen molar-refractivity contribution < 1.29 is 33.4 Å². The number of rotatable bonds is 22. The molecular formula is C49H62N4O7. The fourth-order valence-electron chi connectivity index (χ4n) is 6.93. The lowest BCUT2D eigenvalue weighted by Gasteiger charge is -2.20. The third-order valence-corrected chi connectivity index (χ3v) is 10.0. The van der Waals surface area contributed by atoms with Crippen molar-refractivity contribution in [3.63, 3.8) is 0 Å². The van der Waals surface area contributed by atoms with E-state index in [-0.39, 0.29) is 12.5 Å². The zero-order valence-electron chi connectivity index (χ0n) is 36.2. The molecule has 1 aromatic heterocycles. The van der Waals surface area contributed by atoms with Gasteiger partial charge in [0.1, 0.15) is 17.2 Å². The van der Waals surface area contributed by atoms with Crippen LogP contribution in [0, 0.1) is 0 Å². The summed E-state index contributed by atoms with van der Waals surface area (Å²) in [4.78, 5) is 47.7. The number of aromatic nitrogens is 2. The number of imidazole rings is 1. The molecule has 0 radical (unpaired) electrons. The van der Waals surface area contributed by atoms with Crippen molar-refractivity contribution in [3.05, 3.63) is 96.1 Å². The zero-order valence-corrected chi connectivity index (χ0v) is 36.2. The normalized spacial score (nSPS) is 13.8. The van der Waals surface area contributed by atoms with E-state index >= 15 is 0 Å². The summed E-state index contributed by atoms with van der Waals surface area (Å²) in [5.41, 5.74) is 9.00. The first-order valence-corrected chi connectivity index (χ1v) is 21.4. The second-order valence-corrected chi connectivity index (χ2v) is 16.1. The Kier molecular flexibility index (Phi) is 17.1. The molecule has 11 nitrogen and oxygen atoms in total. The van der Waals surface area contributed by atoms with Gasteiger partial charge in [0.2, 0.25) is 12.0 Å². The van der Waals surface area contributed by atoms with Crippen LogP contribution in [-0.4, -0.2) is 58.9 Å². The molecule has 5 rings (SSSR count). The van der Waals surface area contributed by atoms with E-state index in [1.54, 1.807) is 19.1 Å². The molecule has 1 unspecified atom stereocenters. The maximum Gasteiger partial charge on any atom is 0.344 e. The monoisotopic (exact) mass is 818 g/mol. The first kappa shape index (κ1) is 45.4. The standard InChI is InChI=1S/C49H62N4O7/c1-7-9-10-11-12-13-14-15-16-17-32-50-43(54)31-20-35-18-21-38(22-19-35)46-45(37-27-29-40(30-28-37)58-34-44(55)57-8-2)51-47(53(46)6)39-25-23-36(24-26-39)41-33-42(60-52-41)48(56)59-49(3,4)5/h18-31,33,42,52H,7-17,32,34H2,1-6H3,(H,50,54). The Labute approximate surface area is 355 Å². The van der Waals surface area contributed by atoms with Crippen LogP contribution in [-0.2, 0) is 35.7 Å². The molecule has 0 saturated heterocycles. The summed E-state index contributed by atoms with van der Waals surface area (Å²) >= 11 is 0. The summed E-state index contributed by atoms with van der Waals surface area (Å²) in [6.07, 6.45) is 16.9. The van der Waals surface area contributed by atoms with Crippen LogP contribution in [0.25, 0.3) is 45.7 Å². The average molecular weight is 819 g/mol. The molecule has 0 spiro atoms. The molecule has 2 heterocycles. The lowest BCUT2D eigenvalue weighted by Crippen LogP contribution is -2.32. The van der Waals surface area contributed by atoms with E-state index in [1.807, 2.05) is 107 Å². The van der Waals surface area contributed by atoms with Crippen molar-refractivity contribution in [2.24, 2.45) is 7.05 Å². The number of benzene rings is 3. The number of hydrogen-bond donors (Lipinski definition) is 2. The van der Waals surface area contributed by atoms with E-state index in [0.29, 0.717) is 24.6 Å². The molecule has 2 N–H and O–H groups in total. The predicted molar refractivity (Wildman–Crippen MR) is 237 cm³/mol. The van der Waals surface area contributed by atoms with Crippen molar-refractivity contribution in [3.8, 4) is 39.7 Å². The van der Waals surface area contributed by atoms with E-state index in [2.05, 4.69) is 22.3 Å². The molecule has 0 bridgehead atoms. The highest BCUT2D eigenvalue weighted by Crippen LogP contribution is 2.37. The summed E-state index contributed by atoms with van der Waals surface area (Å²) < 4.78 is 18.2. The molecule has 0 saturated carbocycles. The molecule has 4 aromatic rings. The Balaban J connectivity index is 1.28. The molecule has 320 valence electrons. The van der Waals surface area contributed by atoms with Crippen LogP contribution >= 0.6 is 0 Å². The molecule has 60 heavy (non-hydrogen) atoms. The molecular weight excluding hydrogens is 757 g/mol. The molecule has 3 aromatic carbocycles. The Hall–Kier alpha value is -5.68. The van der Waals surface area contributed by atoms with Crippen LogP contribution in [0.15, 0.2) is 84.9 Å². The molecule has 1 aliphatic heterocycles. The molecule has 0 fully saturated rings. The molecule has 1 aliphatic rings. The lowest BCUT2D eigenvalue weighted by atomic mass is 10.0. The fourth-order valence-corrected chi connectivity index (χ4v) is 6.93. The highest BCUT2D eigenvalue weighted by molar-refractivity contribution is 5.92. The SMILES string of the molecule is CCCCCCCCCCCCNC(=O)C=Cc1ccc(-c2c(-c3ccc(OCC(=O)OCC)cc3)nc(-c3ccc(C4=CC(C(=O)OC(C)(C)C)ON4)cc3)n2C)cc1. The summed E-state index contributed by atoms with van der Waals surface area (Å²) in [6, 6.07) is 23.4. The van der Waals surface area contributed by atoms with E-state index in [1.165, 1.54) is 51.4 Å². The van der Waals surface area contributed by atoms with Crippen LogP contribution < -0.4 is 15.5 Å². The number of nitrogens with zero attached hydrogens (tertiary/aromatic N) is 2. The van der Waals surface area contributed by atoms with Crippen molar-refractivity contribution in [1.82, 2.24) is 20.3 Å². The largest absolute Gasteiger partial charge is 0.482 e. The number of unbranched alkanes of at least 4 members (excludes halogenated alkanes) is 9. The second-order valence-electron chi connectivity index (χ2n) is 16.1.